The van der Waals surface area contributed by atoms with Gasteiger partial charge in [-0.3, -0.25) is 0 Å². The highest BCUT2D eigenvalue weighted by molar-refractivity contribution is 6.41. The highest BCUT2D eigenvalue weighted by atomic mass is 15.0. The molecule has 0 N–H and O–H groups in total. The van der Waals surface area contributed by atoms with Gasteiger partial charge in [0.25, 0.3) is 0 Å². The summed E-state index contributed by atoms with van der Waals surface area (Å²) in [6.07, 6.45) is 0. The molecule has 0 fully saturated rings. The fourth-order valence-electron chi connectivity index (χ4n) is 25.1. The average Bonchev–Trinajstić information content (AvgIpc) is 1.52. The van der Waals surface area contributed by atoms with Crippen LogP contribution in [0.1, 0.15) is 11.1 Å². The number of hydrogen-bond donors (Lipinski definition) is 0. The van der Waals surface area contributed by atoms with Gasteiger partial charge < -0.3 is 27.4 Å². The second-order valence-corrected chi connectivity index (χ2v) is 39.9. The number of rotatable bonds is 2. The minimum Gasteiger partial charge on any atom is -0.344 e. The van der Waals surface area contributed by atoms with Crippen molar-refractivity contribution in [3.05, 3.63) is 509 Å². The zero-order valence-corrected chi connectivity index (χ0v) is 83.0. The van der Waals surface area contributed by atoms with Crippen LogP contribution in [0.5, 0.6) is 0 Å². The lowest BCUT2D eigenvalue weighted by Crippen LogP contribution is -1.93. The molecular weight excluding hydrogens is 1790 g/mol. The number of para-hydroxylation sites is 2. The molecule has 0 aliphatic carbocycles. The highest BCUT2D eigenvalue weighted by Crippen LogP contribution is 2.50. The van der Waals surface area contributed by atoms with E-state index in [1.807, 2.05) is 0 Å². The van der Waals surface area contributed by atoms with Crippen LogP contribution in [0.25, 0.3) is 282 Å². The Balaban J connectivity index is 0.0000000859. The van der Waals surface area contributed by atoms with Crippen molar-refractivity contribution in [1.29, 1.82) is 0 Å². The van der Waals surface area contributed by atoms with Crippen LogP contribution in [0, 0.1) is 13.8 Å². The fourth-order valence-corrected chi connectivity index (χ4v) is 25.1. The first-order chi connectivity index (χ1) is 73.0. The second kappa shape index (κ2) is 35.0. The quantitative estimate of drug-likeness (QED) is 0.154. The van der Waals surface area contributed by atoms with E-state index in [1.165, 1.54) is 293 Å². The Morgan fingerprint density at radius 2 is 0.372 bits per heavy atom. The van der Waals surface area contributed by atoms with Gasteiger partial charge in [-0.05, 0) is 223 Å². The molecule has 0 bridgehead atoms. The molecule has 0 saturated carbocycles. The monoisotopic (exact) mass is 1890 g/mol. The number of hydrogen-bond acceptors (Lipinski definition) is 0. The Morgan fingerprint density at radius 1 is 0.122 bits per heavy atom. The summed E-state index contributed by atoms with van der Waals surface area (Å²) in [5.74, 6) is 0. The number of aromatic nitrogens is 6. The van der Waals surface area contributed by atoms with E-state index in [-0.39, 0.29) is 0 Å². The lowest BCUT2D eigenvalue weighted by molar-refractivity contribution is 1.02. The maximum Gasteiger partial charge on any atom is 0.0575 e. The number of aryl methyl sites for hydroxylation is 6. The van der Waals surface area contributed by atoms with E-state index in [0.29, 0.717) is 0 Å². The van der Waals surface area contributed by atoms with Gasteiger partial charge in [-0.2, -0.15) is 0 Å². The summed E-state index contributed by atoms with van der Waals surface area (Å²) in [4.78, 5) is 0. The Labute approximate surface area is 854 Å². The SMILES string of the molecule is Cc1ccc2c(c1)c1c3ccccc3ccc1n2-c1ccccc1.Cc1ccc2c(c1)c1cc3ccccc3cc1n2-c1ccccc1.Cn1c2c3ccccc3c3ccccc3c2c2c3ccccc3c3ccccc3c21.Cn1c2ccc3ccccc3c2c2c3ccccc3c3ccccc3c21.Cn1c2ccc3ccccc3c2c2c3ccccc3ccc21.Cn1c2ccc3ccccc3c2c2ccc3ccccc3c21. The van der Waals surface area contributed by atoms with E-state index < -0.39 is 0 Å². The first-order valence-electron chi connectivity index (χ1n) is 51.3. The summed E-state index contributed by atoms with van der Waals surface area (Å²) in [7, 11) is 8.76. The molecule has 0 aliphatic rings. The van der Waals surface area contributed by atoms with Crippen molar-refractivity contribution < 1.29 is 0 Å². The van der Waals surface area contributed by atoms with E-state index >= 15 is 0 Å². The maximum absolute atomic E-state index is 2.42. The molecule has 0 amide bonds. The molecular formula is C142H100N6. The zero-order valence-electron chi connectivity index (χ0n) is 83.0. The van der Waals surface area contributed by atoms with Crippen molar-refractivity contribution in [2.75, 3.05) is 0 Å². The molecule has 698 valence electrons. The van der Waals surface area contributed by atoms with E-state index in [1.54, 1.807) is 0 Å². The molecule has 0 aliphatic heterocycles. The molecule has 0 radical (unpaired) electrons. The Kier molecular flexibility index (Phi) is 20.6. The van der Waals surface area contributed by atoms with Crippen molar-refractivity contribution in [3.63, 3.8) is 0 Å². The molecule has 0 saturated heterocycles. The lowest BCUT2D eigenvalue weighted by atomic mass is 9.93. The molecule has 0 spiro atoms. The van der Waals surface area contributed by atoms with Crippen molar-refractivity contribution in [2.45, 2.75) is 13.8 Å². The minimum absolute atomic E-state index is 1.21. The van der Waals surface area contributed by atoms with Gasteiger partial charge in [-0.15, -0.1) is 0 Å². The third-order valence-corrected chi connectivity index (χ3v) is 31.7. The van der Waals surface area contributed by atoms with Crippen molar-refractivity contribution in [3.8, 4) is 11.4 Å². The van der Waals surface area contributed by atoms with Crippen molar-refractivity contribution in [2.24, 2.45) is 28.2 Å². The van der Waals surface area contributed by atoms with Gasteiger partial charge >= 0.3 is 0 Å². The van der Waals surface area contributed by atoms with Gasteiger partial charge in [0.05, 0.1) is 44.1 Å². The van der Waals surface area contributed by atoms with Crippen LogP contribution in [-0.4, -0.2) is 27.4 Å². The van der Waals surface area contributed by atoms with Crippen LogP contribution in [0.2, 0.25) is 0 Å². The number of fused-ring (bicyclic) bond motifs is 46. The molecule has 148 heavy (non-hydrogen) atoms. The van der Waals surface area contributed by atoms with Crippen LogP contribution in [0.3, 0.4) is 0 Å². The van der Waals surface area contributed by atoms with Gasteiger partial charge in [0.2, 0.25) is 0 Å². The molecule has 0 unspecified atom stereocenters. The molecule has 6 nitrogen and oxygen atoms in total. The summed E-state index contributed by atoms with van der Waals surface area (Å²) in [5, 5.41) is 50.4. The zero-order chi connectivity index (χ0) is 98.6. The van der Waals surface area contributed by atoms with E-state index in [4.69, 9.17) is 0 Å². The standard InChI is InChI=1S/C29H19N.C25H17N.2C23H17N.2C21H15N/c1-30-28-24-16-8-4-12-20(24)18-10-2-6-14-22(18)26(28)27-23-15-7-3-11-19(23)21-13-5-9-17-25(21)29(27)30;1-26-22-15-14-16-8-2-3-9-17(16)23(22)24-20-12-6-4-10-18(20)19-11-5-7-13-21(19)25(24)26;1-16-11-12-22-20(13-16)21-14-17-7-5-6-8-18(17)15-23(21)24(22)19-9-3-2-4-10-19;1-16-11-13-21-20(15-16)23-19-10-6-5-7-17(19)12-14-22(23)24(21)18-8-3-2-4-9-18;1-22-19-13-11-14-6-2-4-8-16(14)20(19)18-12-10-15-7-3-5-9-17(15)21(18)22;1-22-18-12-10-14-6-2-4-8-16(14)20(18)21-17-9-5-3-7-15(17)11-13-19(21)22/h2-17H,1H3;2-15H,1H3;2*2-15H,1H3;2*2-13H,1H3. The number of nitrogens with zero attached hydrogens (tertiary/aromatic N) is 6. The molecule has 6 heteroatoms. The number of benzene rings is 27. The summed E-state index contributed by atoms with van der Waals surface area (Å²) in [6, 6.07) is 180. The van der Waals surface area contributed by atoms with Crippen molar-refractivity contribution in [1.82, 2.24) is 27.4 Å². The summed E-state index contributed by atoms with van der Waals surface area (Å²) in [5.41, 5.74) is 20.5. The normalized spacial score (nSPS) is 11.9. The molecule has 33 rings (SSSR count). The molecule has 6 heterocycles. The van der Waals surface area contributed by atoms with Crippen LogP contribution in [0.4, 0.5) is 0 Å². The third-order valence-electron chi connectivity index (χ3n) is 31.7. The summed E-state index contributed by atoms with van der Waals surface area (Å²) >= 11 is 0. The predicted molar refractivity (Wildman–Crippen MR) is 640 cm³/mol. The molecule has 0 atom stereocenters. The topological polar surface area (TPSA) is 29.6 Å². The molecule has 33 aromatic rings. The summed E-state index contributed by atoms with van der Waals surface area (Å²) < 4.78 is 14.2. The first-order valence-corrected chi connectivity index (χ1v) is 51.3. The van der Waals surface area contributed by atoms with Gasteiger partial charge in [-0.1, -0.05) is 418 Å². The van der Waals surface area contributed by atoms with Crippen LogP contribution < -0.4 is 0 Å². The molecule has 27 aromatic carbocycles. The predicted octanol–water partition coefficient (Wildman–Crippen LogP) is 38.5. The van der Waals surface area contributed by atoms with E-state index in [9.17, 15) is 0 Å². The second-order valence-electron chi connectivity index (χ2n) is 39.9. The first kappa shape index (κ1) is 87.0. The summed E-state index contributed by atoms with van der Waals surface area (Å²) in [6.45, 7) is 4.32. The van der Waals surface area contributed by atoms with Gasteiger partial charge in [0, 0.05) is 148 Å². The van der Waals surface area contributed by atoms with E-state index in [0.717, 1.165) is 0 Å². The van der Waals surface area contributed by atoms with Gasteiger partial charge in [-0.25, -0.2) is 0 Å². The third kappa shape index (κ3) is 13.7. The van der Waals surface area contributed by atoms with Gasteiger partial charge in [0.1, 0.15) is 0 Å². The van der Waals surface area contributed by atoms with Crippen LogP contribution >= 0.6 is 0 Å². The highest BCUT2D eigenvalue weighted by Gasteiger charge is 2.25. The largest absolute Gasteiger partial charge is 0.344 e. The maximum atomic E-state index is 2.42. The van der Waals surface area contributed by atoms with E-state index in [2.05, 4.69) is 567 Å². The minimum atomic E-state index is 1.21. The van der Waals surface area contributed by atoms with Crippen LogP contribution in [-0.2, 0) is 28.2 Å². The Hall–Kier alpha value is -18.9. The van der Waals surface area contributed by atoms with Crippen molar-refractivity contribution >= 4 is 271 Å². The smallest absolute Gasteiger partial charge is 0.0575 e. The van der Waals surface area contributed by atoms with Crippen LogP contribution in [0.15, 0.2) is 497 Å². The van der Waals surface area contributed by atoms with Gasteiger partial charge in [0.15, 0.2) is 0 Å². The fraction of sp³-hybridized carbons (Fsp3) is 0.0423. The average molecular weight is 1890 g/mol. The Morgan fingerprint density at radius 3 is 0.791 bits per heavy atom. The Bertz CT molecular complexity index is 11000. The molecule has 6 aromatic heterocycles. The lowest BCUT2D eigenvalue weighted by Gasteiger charge is -2.09.